The van der Waals surface area contributed by atoms with Crippen LogP contribution in [0.25, 0.3) is 0 Å². The molecular formula is C11H15NO2S. The van der Waals surface area contributed by atoms with Crippen molar-refractivity contribution in [3.63, 3.8) is 0 Å². The van der Waals surface area contributed by atoms with E-state index in [4.69, 9.17) is 5.11 Å². The molecule has 0 saturated carbocycles. The fraction of sp³-hybridized carbons (Fsp3) is 0.364. The molecule has 0 saturated heterocycles. The van der Waals surface area contributed by atoms with Gasteiger partial charge in [-0.3, -0.25) is 0 Å². The standard InChI is InChI=1S/C11H15NO2S/c1-3-4-8(2)12-7-9-5-6-15-10(9)11(13)14/h3,5-6,8,12H,1,4,7H2,2H3,(H,13,14). The van der Waals surface area contributed by atoms with Crippen LogP contribution < -0.4 is 5.32 Å². The van der Waals surface area contributed by atoms with Gasteiger partial charge in [-0.05, 0) is 30.4 Å². The molecule has 1 heterocycles. The molecule has 1 aromatic rings. The Labute approximate surface area is 93.4 Å². The lowest BCUT2D eigenvalue weighted by Gasteiger charge is -2.10. The average Bonchev–Trinajstić information content (AvgIpc) is 2.63. The minimum atomic E-state index is -0.849. The number of thiophene rings is 1. The van der Waals surface area contributed by atoms with Gasteiger partial charge in [-0.2, -0.15) is 0 Å². The second kappa shape index (κ2) is 5.68. The van der Waals surface area contributed by atoms with E-state index in [1.54, 1.807) is 5.38 Å². The predicted molar refractivity (Wildman–Crippen MR) is 62.4 cm³/mol. The number of carbonyl (C=O) groups is 1. The van der Waals surface area contributed by atoms with Crippen LogP contribution in [-0.4, -0.2) is 17.1 Å². The fourth-order valence-corrected chi connectivity index (χ4v) is 2.04. The molecule has 82 valence electrons. The highest BCUT2D eigenvalue weighted by atomic mass is 32.1. The molecule has 0 radical (unpaired) electrons. The molecule has 0 bridgehead atoms. The summed E-state index contributed by atoms with van der Waals surface area (Å²) in [5, 5.41) is 13.9. The van der Waals surface area contributed by atoms with E-state index in [1.165, 1.54) is 11.3 Å². The Morgan fingerprint density at radius 3 is 3.13 bits per heavy atom. The first-order valence-corrected chi connectivity index (χ1v) is 5.67. The van der Waals surface area contributed by atoms with E-state index in [0.717, 1.165) is 12.0 Å². The molecule has 0 spiro atoms. The van der Waals surface area contributed by atoms with Crippen LogP contribution >= 0.6 is 11.3 Å². The van der Waals surface area contributed by atoms with Crippen molar-refractivity contribution < 1.29 is 9.90 Å². The van der Waals surface area contributed by atoms with Gasteiger partial charge in [0.05, 0.1) is 0 Å². The molecule has 0 fully saturated rings. The van der Waals surface area contributed by atoms with Gasteiger partial charge in [0.1, 0.15) is 4.88 Å². The van der Waals surface area contributed by atoms with Gasteiger partial charge < -0.3 is 10.4 Å². The molecule has 15 heavy (non-hydrogen) atoms. The number of carboxylic acids is 1. The Kier molecular flexibility index (Phi) is 4.52. The summed E-state index contributed by atoms with van der Waals surface area (Å²) in [7, 11) is 0. The molecule has 0 amide bonds. The summed E-state index contributed by atoms with van der Waals surface area (Å²) in [6, 6.07) is 2.17. The monoisotopic (exact) mass is 225 g/mol. The van der Waals surface area contributed by atoms with Crippen LogP contribution in [0.4, 0.5) is 0 Å². The molecular weight excluding hydrogens is 210 g/mol. The third kappa shape index (κ3) is 3.49. The van der Waals surface area contributed by atoms with Gasteiger partial charge in [-0.25, -0.2) is 4.79 Å². The van der Waals surface area contributed by atoms with Crippen molar-refractivity contribution in [2.45, 2.75) is 25.9 Å². The predicted octanol–water partition coefficient (Wildman–Crippen LogP) is 2.50. The Morgan fingerprint density at radius 1 is 1.80 bits per heavy atom. The normalized spacial score (nSPS) is 12.3. The first-order valence-electron chi connectivity index (χ1n) is 4.79. The van der Waals surface area contributed by atoms with E-state index in [9.17, 15) is 4.79 Å². The maximum absolute atomic E-state index is 10.8. The molecule has 0 aliphatic carbocycles. The Balaban J connectivity index is 2.53. The molecule has 1 unspecified atom stereocenters. The van der Waals surface area contributed by atoms with Crippen molar-refractivity contribution in [3.8, 4) is 0 Å². The largest absolute Gasteiger partial charge is 0.477 e. The molecule has 1 rings (SSSR count). The van der Waals surface area contributed by atoms with E-state index < -0.39 is 5.97 Å². The molecule has 3 nitrogen and oxygen atoms in total. The average molecular weight is 225 g/mol. The van der Waals surface area contributed by atoms with Crippen molar-refractivity contribution in [2.75, 3.05) is 0 Å². The van der Waals surface area contributed by atoms with Crippen molar-refractivity contribution >= 4 is 17.3 Å². The van der Waals surface area contributed by atoms with Gasteiger partial charge in [-0.1, -0.05) is 6.08 Å². The van der Waals surface area contributed by atoms with E-state index >= 15 is 0 Å². The topological polar surface area (TPSA) is 49.3 Å². The first-order chi connectivity index (χ1) is 7.15. The fourth-order valence-electron chi connectivity index (χ4n) is 1.28. The summed E-state index contributed by atoms with van der Waals surface area (Å²) < 4.78 is 0. The van der Waals surface area contributed by atoms with E-state index in [0.29, 0.717) is 17.5 Å². The molecule has 0 aliphatic heterocycles. The number of aromatic carboxylic acids is 1. The van der Waals surface area contributed by atoms with Crippen molar-refractivity contribution in [2.24, 2.45) is 0 Å². The van der Waals surface area contributed by atoms with Gasteiger partial charge >= 0.3 is 5.97 Å². The molecule has 0 aliphatic rings. The summed E-state index contributed by atoms with van der Waals surface area (Å²) in [5.74, 6) is -0.849. The number of hydrogen-bond donors (Lipinski definition) is 2. The lowest BCUT2D eigenvalue weighted by atomic mass is 10.2. The Morgan fingerprint density at radius 2 is 2.53 bits per heavy atom. The van der Waals surface area contributed by atoms with E-state index in [2.05, 4.69) is 18.8 Å². The summed E-state index contributed by atoms with van der Waals surface area (Å²) in [6.45, 7) is 6.31. The Bertz CT molecular complexity index is 346. The van der Waals surface area contributed by atoms with Gasteiger partial charge in [0.2, 0.25) is 0 Å². The van der Waals surface area contributed by atoms with Crippen LogP contribution in [0.2, 0.25) is 0 Å². The SMILES string of the molecule is C=CCC(C)NCc1ccsc1C(=O)O. The maximum atomic E-state index is 10.8. The Hall–Kier alpha value is -1.13. The number of hydrogen-bond acceptors (Lipinski definition) is 3. The lowest BCUT2D eigenvalue weighted by Crippen LogP contribution is -2.25. The number of nitrogens with one attached hydrogen (secondary N) is 1. The minimum absolute atomic E-state index is 0.323. The third-order valence-corrected chi connectivity index (χ3v) is 3.05. The van der Waals surface area contributed by atoms with Crippen LogP contribution in [0.3, 0.4) is 0 Å². The number of carboxylic acid groups (broad SMARTS) is 1. The van der Waals surface area contributed by atoms with E-state index in [1.807, 2.05) is 12.1 Å². The molecule has 0 aromatic carbocycles. The summed E-state index contributed by atoms with van der Waals surface area (Å²) >= 11 is 1.26. The van der Waals surface area contributed by atoms with Gasteiger partial charge in [0.15, 0.2) is 0 Å². The highest BCUT2D eigenvalue weighted by Gasteiger charge is 2.11. The van der Waals surface area contributed by atoms with Crippen LogP contribution in [0.1, 0.15) is 28.6 Å². The first kappa shape index (κ1) is 11.9. The molecule has 1 aromatic heterocycles. The van der Waals surface area contributed by atoms with Crippen molar-refractivity contribution in [1.82, 2.24) is 5.32 Å². The highest BCUT2D eigenvalue weighted by Crippen LogP contribution is 2.16. The zero-order chi connectivity index (χ0) is 11.3. The van der Waals surface area contributed by atoms with Crippen LogP contribution in [0, 0.1) is 0 Å². The second-order valence-electron chi connectivity index (χ2n) is 3.39. The quantitative estimate of drug-likeness (QED) is 0.731. The molecule has 1 atom stereocenters. The zero-order valence-electron chi connectivity index (χ0n) is 8.69. The van der Waals surface area contributed by atoms with Gasteiger partial charge in [-0.15, -0.1) is 17.9 Å². The summed E-state index contributed by atoms with van der Waals surface area (Å²) in [4.78, 5) is 11.2. The smallest absolute Gasteiger partial charge is 0.346 e. The van der Waals surface area contributed by atoms with Crippen LogP contribution in [0.15, 0.2) is 24.1 Å². The molecule has 2 N–H and O–H groups in total. The summed E-state index contributed by atoms with van der Waals surface area (Å²) in [6.07, 6.45) is 2.73. The van der Waals surface area contributed by atoms with Crippen LogP contribution in [-0.2, 0) is 6.54 Å². The lowest BCUT2D eigenvalue weighted by molar-refractivity contribution is 0.0701. The van der Waals surface area contributed by atoms with E-state index in [-0.39, 0.29) is 0 Å². The zero-order valence-corrected chi connectivity index (χ0v) is 9.51. The van der Waals surface area contributed by atoms with Crippen molar-refractivity contribution in [3.05, 3.63) is 34.5 Å². The third-order valence-electron chi connectivity index (χ3n) is 2.10. The molecule has 4 heteroatoms. The van der Waals surface area contributed by atoms with Gasteiger partial charge in [0, 0.05) is 12.6 Å². The maximum Gasteiger partial charge on any atom is 0.346 e. The van der Waals surface area contributed by atoms with Gasteiger partial charge in [0.25, 0.3) is 0 Å². The number of rotatable bonds is 6. The second-order valence-corrected chi connectivity index (χ2v) is 4.30. The van der Waals surface area contributed by atoms with Crippen molar-refractivity contribution in [1.29, 1.82) is 0 Å². The minimum Gasteiger partial charge on any atom is -0.477 e. The van der Waals surface area contributed by atoms with Crippen LogP contribution in [0.5, 0.6) is 0 Å². The summed E-state index contributed by atoms with van der Waals surface area (Å²) in [5.41, 5.74) is 0.850. The highest BCUT2D eigenvalue weighted by molar-refractivity contribution is 7.12.